The summed E-state index contributed by atoms with van der Waals surface area (Å²) in [7, 11) is 0. The van der Waals surface area contributed by atoms with E-state index < -0.39 is 16.7 Å². The molecule has 0 aliphatic carbocycles. The lowest BCUT2D eigenvalue weighted by atomic mass is 10.1. The number of nitro groups is 1. The zero-order valence-corrected chi connectivity index (χ0v) is 17.2. The number of nitro benzene ring substituents is 1. The Bertz CT molecular complexity index is 977. The van der Waals surface area contributed by atoms with E-state index in [1.54, 1.807) is 32.0 Å². The minimum atomic E-state index is -0.614. The van der Waals surface area contributed by atoms with E-state index in [0.29, 0.717) is 0 Å². The molecule has 0 heterocycles. The molecule has 0 unspecified atom stereocenters. The van der Waals surface area contributed by atoms with Gasteiger partial charge < -0.3 is 16.0 Å². The van der Waals surface area contributed by atoms with E-state index in [-0.39, 0.29) is 52.4 Å². The highest BCUT2D eigenvalue weighted by molar-refractivity contribution is 6.34. The quantitative estimate of drug-likeness (QED) is 0.335. The van der Waals surface area contributed by atoms with E-state index in [9.17, 15) is 24.5 Å². The number of amides is 3. The molecule has 2 aromatic rings. The third-order valence-corrected chi connectivity index (χ3v) is 4.37. The summed E-state index contributed by atoms with van der Waals surface area (Å²) in [6.07, 6.45) is 0. The van der Waals surface area contributed by atoms with Crippen molar-refractivity contribution in [3.8, 4) is 0 Å². The monoisotopic (exact) mass is 432 g/mol. The minimum Gasteiger partial charge on any atom is -0.354 e. The van der Waals surface area contributed by atoms with Gasteiger partial charge in [0.25, 0.3) is 17.5 Å². The molecule has 0 saturated carbocycles. The predicted molar refractivity (Wildman–Crippen MR) is 113 cm³/mol. The standard InChI is InChI=1S/C20H21ClN4O5/c1-12(2)18(26)22-9-10-23-19(27)15-5-3-4-6-17(15)24-20(28)14-8-7-13(25(29)30)11-16(14)21/h3-8,11-12H,9-10H2,1-2H3,(H,22,26)(H,23,27)(H,24,28). The van der Waals surface area contributed by atoms with Gasteiger partial charge in [-0.05, 0) is 18.2 Å². The average Bonchev–Trinajstić information content (AvgIpc) is 2.70. The van der Waals surface area contributed by atoms with Gasteiger partial charge in [0.1, 0.15) is 0 Å². The van der Waals surface area contributed by atoms with Crippen LogP contribution >= 0.6 is 11.6 Å². The van der Waals surface area contributed by atoms with Crippen LogP contribution in [-0.4, -0.2) is 35.7 Å². The molecule has 0 atom stereocenters. The van der Waals surface area contributed by atoms with Gasteiger partial charge in [0.15, 0.2) is 0 Å². The number of hydrogen-bond donors (Lipinski definition) is 3. The maximum Gasteiger partial charge on any atom is 0.270 e. The van der Waals surface area contributed by atoms with Crippen molar-refractivity contribution in [1.82, 2.24) is 10.6 Å². The third-order valence-electron chi connectivity index (χ3n) is 4.06. The number of carbonyl (C=O) groups is 3. The van der Waals surface area contributed by atoms with Crippen molar-refractivity contribution in [2.75, 3.05) is 18.4 Å². The lowest BCUT2D eigenvalue weighted by Gasteiger charge is -2.13. The lowest BCUT2D eigenvalue weighted by Crippen LogP contribution is -2.36. The molecule has 0 aliphatic rings. The van der Waals surface area contributed by atoms with Gasteiger partial charge in [0.05, 0.1) is 26.8 Å². The van der Waals surface area contributed by atoms with Crippen LogP contribution in [0.1, 0.15) is 34.6 Å². The fourth-order valence-corrected chi connectivity index (χ4v) is 2.70. The van der Waals surface area contributed by atoms with Gasteiger partial charge in [-0.25, -0.2) is 0 Å². The normalized spacial score (nSPS) is 10.4. The molecule has 0 fully saturated rings. The zero-order chi connectivity index (χ0) is 22.3. The average molecular weight is 433 g/mol. The second-order valence-corrected chi connectivity index (χ2v) is 7.03. The molecule has 3 amide bonds. The molecule has 30 heavy (non-hydrogen) atoms. The highest BCUT2D eigenvalue weighted by atomic mass is 35.5. The summed E-state index contributed by atoms with van der Waals surface area (Å²) in [5, 5.41) is 18.7. The van der Waals surface area contributed by atoms with Crippen LogP contribution in [0.25, 0.3) is 0 Å². The smallest absolute Gasteiger partial charge is 0.270 e. The Morgan fingerprint density at radius 2 is 1.67 bits per heavy atom. The number of benzene rings is 2. The molecule has 3 N–H and O–H groups in total. The summed E-state index contributed by atoms with van der Waals surface area (Å²) >= 11 is 5.99. The SMILES string of the molecule is CC(C)C(=O)NCCNC(=O)c1ccccc1NC(=O)c1ccc([N+](=O)[O-])cc1Cl. The van der Waals surface area contributed by atoms with Crippen LogP contribution in [0.5, 0.6) is 0 Å². The highest BCUT2D eigenvalue weighted by Crippen LogP contribution is 2.24. The molecule has 2 aromatic carbocycles. The van der Waals surface area contributed by atoms with E-state index in [2.05, 4.69) is 16.0 Å². The third kappa shape index (κ3) is 6.02. The first-order chi connectivity index (χ1) is 14.2. The molecule has 158 valence electrons. The van der Waals surface area contributed by atoms with Crippen LogP contribution in [0.2, 0.25) is 5.02 Å². The van der Waals surface area contributed by atoms with E-state index in [1.165, 1.54) is 18.2 Å². The van der Waals surface area contributed by atoms with Crippen molar-refractivity contribution in [2.24, 2.45) is 5.92 Å². The van der Waals surface area contributed by atoms with E-state index in [0.717, 1.165) is 6.07 Å². The van der Waals surface area contributed by atoms with Crippen LogP contribution in [0.15, 0.2) is 42.5 Å². The maximum atomic E-state index is 12.5. The van der Waals surface area contributed by atoms with Gasteiger partial charge in [-0.15, -0.1) is 0 Å². The molecular weight excluding hydrogens is 412 g/mol. The van der Waals surface area contributed by atoms with Crippen LogP contribution in [0, 0.1) is 16.0 Å². The molecule has 0 spiro atoms. The van der Waals surface area contributed by atoms with Gasteiger partial charge >= 0.3 is 0 Å². The molecule has 0 aliphatic heterocycles. The summed E-state index contributed by atoms with van der Waals surface area (Å²) in [4.78, 5) is 46.7. The van der Waals surface area contributed by atoms with Gasteiger partial charge in [-0.2, -0.15) is 0 Å². The number of anilines is 1. The number of nitrogens with zero attached hydrogens (tertiary/aromatic N) is 1. The second kappa shape index (κ2) is 10.4. The number of halogens is 1. The highest BCUT2D eigenvalue weighted by Gasteiger charge is 2.18. The van der Waals surface area contributed by atoms with Crippen molar-refractivity contribution < 1.29 is 19.3 Å². The number of para-hydroxylation sites is 1. The molecule has 9 nitrogen and oxygen atoms in total. The predicted octanol–water partition coefficient (Wildman–Crippen LogP) is 3.00. The summed E-state index contributed by atoms with van der Waals surface area (Å²) < 4.78 is 0. The molecule has 0 saturated heterocycles. The van der Waals surface area contributed by atoms with Crippen LogP contribution < -0.4 is 16.0 Å². The zero-order valence-electron chi connectivity index (χ0n) is 16.4. The first kappa shape index (κ1) is 22.8. The van der Waals surface area contributed by atoms with Crippen molar-refractivity contribution in [3.63, 3.8) is 0 Å². The molecule has 0 aromatic heterocycles. The summed E-state index contributed by atoms with van der Waals surface area (Å²) in [6.45, 7) is 4.03. The van der Waals surface area contributed by atoms with E-state index in [1.807, 2.05) is 0 Å². The van der Waals surface area contributed by atoms with E-state index >= 15 is 0 Å². The number of rotatable bonds is 8. The molecule has 0 bridgehead atoms. The van der Waals surface area contributed by atoms with Crippen molar-refractivity contribution in [2.45, 2.75) is 13.8 Å². The maximum absolute atomic E-state index is 12.5. The van der Waals surface area contributed by atoms with Gasteiger partial charge in [0.2, 0.25) is 5.91 Å². The number of hydrogen-bond acceptors (Lipinski definition) is 5. The van der Waals surface area contributed by atoms with Crippen molar-refractivity contribution in [1.29, 1.82) is 0 Å². The molecule has 2 rings (SSSR count). The van der Waals surface area contributed by atoms with Crippen molar-refractivity contribution >= 4 is 40.7 Å². The number of nitrogens with one attached hydrogen (secondary N) is 3. The summed E-state index contributed by atoms with van der Waals surface area (Å²) in [5.74, 6) is -1.31. The lowest BCUT2D eigenvalue weighted by molar-refractivity contribution is -0.384. The Morgan fingerprint density at radius 3 is 2.30 bits per heavy atom. The number of carbonyl (C=O) groups excluding carboxylic acids is 3. The van der Waals surface area contributed by atoms with E-state index in [4.69, 9.17) is 11.6 Å². The van der Waals surface area contributed by atoms with Gasteiger partial charge in [-0.1, -0.05) is 37.6 Å². The summed E-state index contributed by atoms with van der Waals surface area (Å²) in [6, 6.07) is 9.87. The molecule has 0 radical (unpaired) electrons. The fourth-order valence-electron chi connectivity index (χ4n) is 2.44. The van der Waals surface area contributed by atoms with Crippen LogP contribution in [0.3, 0.4) is 0 Å². The Labute approximate surface area is 177 Å². The Kier molecular flexibility index (Phi) is 7.88. The topological polar surface area (TPSA) is 130 Å². The van der Waals surface area contributed by atoms with Crippen LogP contribution in [0.4, 0.5) is 11.4 Å². The molecular formula is C20H21ClN4O5. The van der Waals surface area contributed by atoms with Crippen molar-refractivity contribution in [3.05, 3.63) is 68.7 Å². The second-order valence-electron chi connectivity index (χ2n) is 6.62. The minimum absolute atomic E-state index is 0.0360. The number of non-ortho nitro benzene ring substituents is 1. The Morgan fingerprint density at radius 1 is 1.00 bits per heavy atom. The first-order valence-electron chi connectivity index (χ1n) is 9.11. The molecule has 10 heteroatoms. The largest absolute Gasteiger partial charge is 0.354 e. The Balaban J connectivity index is 2.06. The van der Waals surface area contributed by atoms with Crippen LogP contribution in [-0.2, 0) is 4.79 Å². The summed E-state index contributed by atoms with van der Waals surface area (Å²) in [5.41, 5.74) is 0.273. The Hall–Kier alpha value is -3.46. The first-order valence-corrected chi connectivity index (χ1v) is 9.48. The van der Waals surface area contributed by atoms with Gasteiger partial charge in [-0.3, -0.25) is 24.5 Å². The fraction of sp³-hybridized carbons (Fsp3) is 0.250. The van der Waals surface area contributed by atoms with Gasteiger partial charge in [0, 0.05) is 31.1 Å².